The van der Waals surface area contributed by atoms with Gasteiger partial charge in [-0.1, -0.05) is 26.3 Å². The fraction of sp³-hybridized carbons (Fsp3) is 0.682. The zero-order valence-electron chi connectivity index (χ0n) is 16.1. The van der Waals surface area contributed by atoms with Crippen molar-refractivity contribution in [2.75, 3.05) is 7.05 Å². The van der Waals surface area contributed by atoms with Gasteiger partial charge in [-0.2, -0.15) is 0 Å². The lowest BCUT2D eigenvalue weighted by Gasteiger charge is -2.53. The third-order valence-corrected chi connectivity index (χ3v) is 7.78. The number of phenolic OH excluding ortho intramolecular Hbond substituents is 1. The predicted octanol–water partition coefficient (Wildman–Crippen LogP) is 4.61. The van der Waals surface area contributed by atoms with Gasteiger partial charge in [-0.15, -0.1) is 0 Å². The Kier molecular flexibility index (Phi) is 4.40. The molecule has 0 spiro atoms. The Morgan fingerprint density at radius 1 is 1.35 bits per heavy atom. The second kappa shape index (κ2) is 6.47. The van der Waals surface area contributed by atoms with Gasteiger partial charge in [0.15, 0.2) is 0 Å². The van der Waals surface area contributed by atoms with Gasteiger partial charge in [-0.25, -0.2) is 4.79 Å². The van der Waals surface area contributed by atoms with Crippen LogP contribution in [0.2, 0.25) is 0 Å². The van der Waals surface area contributed by atoms with Crippen LogP contribution in [0.3, 0.4) is 0 Å². The zero-order valence-corrected chi connectivity index (χ0v) is 16.1. The first kappa shape index (κ1) is 17.7. The first-order chi connectivity index (χ1) is 12.5. The van der Waals surface area contributed by atoms with Crippen molar-refractivity contribution in [2.45, 2.75) is 64.4 Å². The number of phenols is 1. The second-order valence-corrected chi connectivity index (χ2v) is 8.81. The molecule has 142 valence electrons. The lowest BCUT2D eigenvalue weighted by Crippen LogP contribution is -2.48. The fourth-order valence-corrected chi connectivity index (χ4v) is 6.51. The predicted molar refractivity (Wildman–Crippen MR) is 101 cm³/mol. The standard InChI is InChI=1S/C22H31NO3/c1-4-13-11-14-12-15(24)5-6-16(14)17-9-10-22(2)18(20(13)17)7-8-19(22)26-21(25)23-3/h5-6,12-13,17-20,24H,4,7-11H2,1-3H3,(H,23,25)/t13-,17?,18?,19-,20?,22-/m0/s1. The van der Waals surface area contributed by atoms with Crippen LogP contribution < -0.4 is 5.32 Å². The molecule has 3 aliphatic rings. The molecule has 1 aromatic rings. The van der Waals surface area contributed by atoms with Crippen LogP contribution in [0.15, 0.2) is 18.2 Å². The summed E-state index contributed by atoms with van der Waals surface area (Å²) in [7, 11) is 1.63. The maximum atomic E-state index is 11.8. The molecule has 0 radical (unpaired) electrons. The van der Waals surface area contributed by atoms with Gasteiger partial charge in [0, 0.05) is 12.5 Å². The molecule has 0 aliphatic heterocycles. The van der Waals surface area contributed by atoms with E-state index in [1.807, 2.05) is 12.1 Å². The number of rotatable bonds is 2. The van der Waals surface area contributed by atoms with Crippen molar-refractivity contribution in [1.29, 1.82) is 0 Å². The second-order valence-electron chi connectivity index (χ2n) is 8.81. The number of nitrogens with one attached hydrogen (secondary N) is 1. The minimum Gasteiger partial charge on any atom is -0.508 e. The molecule has 0 bridgehead atoms. The molecular weight excluding hydrogens is 326 g/mol. The summed E-state index contributed by atoms with van der Waals surface area (Å²) in [5, 5.41) is 12.5. The Labute approximate surface area is 156 Å². The van der Waals surface area contributed by atoms with Gasteiger partial charge in [0.05, 0.1) is 0 Å². The van der Waals surface area contributed by atoms with Crippen LogP contribution in [0.25, 0.3) is 0 Å². The number of alkyl carbamates (subject to hydrolysis) is 1. The van der Waals surface area contributed by atoms with Crippen LogP contribution in [0.5, 0.6) is 5.75 Å². The summed E-state index contributed by atoms with van der Waals surface area (Å²) in [6.45, 7) is 4.66. The molecule has 26 heavy (non-hydrogen) atoms. The number of benzene rings is 1. The van der Waals surface area contributed by atoms with Gasteiger partial charge in [-0.05, 0) is 79.0 Å². The van der Waals surface area contributed by atoms with E-state index in [1.54, 1.807) is 7.05 Å². The number of ether oxygens (including phenoxy) is 1. The quantitative estimate of drug-likeness (QED) is 0.813. The minimum atomic E-state index is -0.296. The van der Waals surface area contributed by atoms with E-state index in [1.165, 1.54) is 17.5 Å². The summed E-state index contributed by atoms with van der Waals surface area (Å²) in [5.74, 6) is 2.90. The highest BCUT2D eigenvalue weighted by atomic mass is 16.6. The smallest absolute Gasteiger partial charge is 0.407 e. The molecule has 1 amide bonds. The van der Waals surface area contributed by atoms with Crippen molar-refractivity contribution < 1.29 is 14.6 Å². The topological polar surface area (TPSA) is 58.6 Å². The molecule has 1 aromatic carbocycles. The first-order valence-electron chi connectivity index (χ1n) is 10.2. The number of carbonyl (C=O) groups excluding carboxylic acids is 1. The van der Waals surface area contributed by atoms with Crippen molar-refractivity contribution in [3.8, 4) is 5.75 Å². The van der Waals surface area contributed by atoms with Crippen molar-refractivity contribution in [2.24, 2.45) is 23.2 Å². The van der Waals surface area contributed by atoms with E-state index < -0.39 is 0 Å². The number of fused-ring (bicyclic) bond motifs is 5. The van der Waals surface area contributed by atoms with Crippen molar-refractivity contribution >= 4 is 6.09 Å². The largest absolute Gasteiger partial charge is 0.508 e. The lowest BCUT2D eigenvalue weighted by molar-refractivity contribution is -0.0446. The molecule has 2 saturated carbocycles. The van der Waals surface area contributed by atoms with Gasteiger partial charge in [0.1, 0.15) is 11.9 Å². The Balaban J connectivity index is 1.67. The van der Waals surface area contributed by atoms with E-state index in [-0.39, 0.29) is 17.6 Å². The van der Waals surface area contributed by atoms with Crippen LogP contribution >= 0.6 is 0 Å². The minimum absolute atomic E-state index is 0.0344. The molecule has 4 heteroatoms. The molecule has 6 atom stereocenters. The van der Waals surface area contributed by atoms with Crippen molar-refractivity contribution in [3.05, 3.63) is 29.3 Å². The summed E-state index contributed by atoms with van der Waals surface area (Å²) in [5.41, 5.74) is 2.89. The molecule has 2 N–H and O–H groups in total. The third kappa shape index (κ3) is 2.60. The molecule has 0 saturated heterocycles. The van der Waals surface area contributed by atoms with Gasteiger partial charge in [0.2, 0.25) is 0 Å². The molecule has 3 aliphatic carbocycles. The third-order valence-electron chi connectivity index (χ3n) is 7.78. The van der Waals surface area contributed by atoms with Crippen molar-refractivity contribution in [3.63, 3.8) is 0 Å². The fourth-order valence-electron chi connectivity index (χ4n) is 6.51. The number of amides is 1. The summed E-state index contributed by atoms with van der Waals surface area (Å²) >= 11 is 0. The highest BCUT2D eigenvalue weighted by Crippen LogP contribution is 2.63. The van der Waals surface area contributed by atoms with Crippen LogP contribution in [0.1, 0.15) is 63.0 Å². The van der Waals surface area contributed by atoms with E-state index >= 15 is 0 Å². The Morgan fingerprint density at radius 3 is 2.88 bits per heavy atom. The molecule has 4 nitrogen and oxygen atoms in total. The number of hydrogen-bond acceptors (Lipinski definition) is 3. The van der Waals surface area contributed by atoms with Crippen LogP contribution in [-0.4, -0.2) is 24.4 Å². The van der Waals surface area contributed by atoms with Crippen molar-refractivity contribution in [1.82, 2.24) is 5.32 Å². The van der Waals surface area contributed by atoms with Gasteiger partial charge < -0.3 is 15.2 Å². The monoisotopic (exact) mass is 357 g/mol. The number of aromatic hydroxyl groups is 1. The summed E-state index contributed by atoms with van der Waals surface area (Å²) < 4.78 is 5.78. The highest BCUT2D eigenvalue weighted by Gasteiger charge is 2.57. The van der Waals surface area contributed by atoms with E-state index in [9.17, 15) is 9.90 Å². The average molecular weight is 357 g/mol. The molecule has 4 rings (SSSR count). The van der Waals surface area contributed by atoms with E-state index in [2.05, 4.69) is 25.2 Å². The molecule has 2 fully saturated rings. The van der Waals surface area contributed by atoms with Gasteiger partial charge in [0.25, 0.3) is 0 Å². The Morgan fingerprint density at radius 2 is 2.15 bits per heavy atom. The highest BCUT2D eigenvalue weighted by molar-refractivity contribution is 5.67. The lowest BCUT2D eigenvalue weighted by atomic mass is 9.52. The Bertz CT molecular complexity index is 703. The molecule has 0 aromatic heterocycles. The molecule has 0 heterocycles. The maximum absolute atomic E-state index is 11.8. The summed E-state index contributed by atoms with van der Waals surface area (Å²) in [6.07, 6.45) is 6.37. The van der Waals surface area contributed by atoms with E-state index in [0.717, 1.165) is 32.1 Å². The van der Waals surface area contributed by atoms with Gasteiger partial charge >= 0.3 is 6.09 Å². The van der Waals surface area contributed by atoms with E-state index in [4.69, 9.17) is 4.74 Å². The number of hydrogen-bond donors (Lipinski definition) is 2. The normalized spacial score (nSPS) is 38.0. The molecule has 3 unspecified atom stereocenters. The molecular formula is C22H31NO3. The van der Waals surface area contributed by atoms with Crippen LogP contribution in [-0.2, 0) is 11.2 Å². The zero-order chi connectivity index (χ0) is 18.5. The maximum Gasteiger partial charge on any atom is 0.407 e. The van der Waals surface area contributed by atoms with E-state index in [0.29, 0.717) is 29.4 Å². The first-order valence-corrected chi connectivity index (χ1v) is 10.2. The van der Waals surface area contributed by atoms with Crippen LogP contribution in [0, 0.1) is 23.2 Å². The Hall–Kier alpha value is -1.71. The average Bonchev–Trinajstić information content (AvgIpc) is 2.96. The summed E-state index contributed by atoms with van der Waals surface area (Å²) in [4.78, 5) is 11.8. The number of carbonyl (C=O) groups is 1. The van der Waals surface area contributed by atoms with Crippen LogP contribution in [0.4, 0.5) is 4.79 Å². The SMILES string of the molecule is CC[C@H]1Cc2cc(O)ccc2C2CC[C@@]3(C)C(CC[C@@H]3OC(=O)NC)C21. The summed E-state index contributed by atoms with van der Waals surface area (Å²) in [6, 6.07) is 5.99. The van der Waals surface area contributed by atoms with Gasteiger partial charge in [-0.3, -0.25) is 0 Å².